The molecule has 0 saturated carbocycles. The molecule has 0 N–H and O–H groups in total. The van der Waals surface area contributed by atoms with Crippen molar-refractivity contribution in [2.45, 2.75) is 50.4 Å². The third kappa shape index (κ3) is 4.35. The van der Waals surface area contributed by atoms with Crippen LogP contribution in [0.3, 0.4) is 0 Å². The molecule has 172 valence electrons. The second kappa shape index (κ2) is 8.47. The molecule has 3 aliphatic rings. The van der Waals surface area contributed by atoms with Crippen molar-refractivity contribution in [2.75, 3.05) is 6.61 Å². The zero-order valence-corrected chi connectivity index (χ0v) is 19.0. The number of benzene rings is 1. The lowest BCUT2D eigenvalue weighted by atomic mass is 9.84. The minimum atomic E-state index is -0.559. The number of halogens is 1. The molecule has 4 atom stereocenters. The minimum absolute atomic E-state index is 0.0829. The van der Waals surface area contributed by atoms with Crippen LogP contribution in [-0.4, -0.2) is 41.5 Å². The highest BCUT2D eigenvalue weighted by atomic mass is 35.5. The van der Waals surface area contributed by atoms with E-state index in [9.17, 15) is 9.59 Å². The van der Waals surface area contributed by atoms with Gasteiger partial charge < -0.3 is 18.7 Å². The van der Waals surface area contributed by atoms with Crippen molar-refractivity contribution in [2.24, 2.45) is 5.92 Å². The summed E-state index contributed by atoms with van der Waals surface area (Å²) in [6, 6.07) is 8.60. The van der Waals surface area contributed by atoms with Crippen LogP contribution in [0, 0.1) is 5.92 Å². The summed E-state index contributed by atoms with van der Waals surface area (Å²) in [5.41, 5.74) is 2.04. The van der Waals surface area contributed by atoms with Crippen LogP contribution in [0.4, 0.5) is 0 Å². The summed E-state index contributed by atoms with van der Waals surface area (Å²) < 4.78 is 22.3. The summed E-state index contributed by atoms with van der Waals surface area (Å²) in [6.45, 7) is 6.12. The van der Waals surface area contributed by atoms with Gasteiger partial charge in [-0.3, -0.25) is 0 Å². The molecule has 2 fully saturated rings. The lowest BCUT2D eigenvalue weighted by Crippen LogP contribution is -2.29. The zero-order valence-electron chi connectivity index (χ0n) is 18.2. The number of carbonyl (C=O) groups excluding carboxylic acids is 2. The van der Waals surface area contributed by atoms with E-state index in [-0.39, 0.29) is 42.0 Å². The third-order valence-corrected chi connectivity index (χ3v) is 6.93. The van der Waals surface area contributed by atoms with Gasteiger partial charge in [0, 0.05) is 28.1 Å². The van der Waals surface area contributed by atoms with Gasteiger partial charge in [-0.2, -0.15) is 0 Å². The molecule has 7 nitrogen and oxygen atoms in total. The summed E-state index contributed by atoms with van der Waals surface area (Å²) >= 11 is 5.91. The standard InChI is InChI=1S/C25H24ClNO6/c1-14-18-10-5-15(4-3-11-25(2)22(32-25)21(18)31-23(14)28)13-30-24(29)19-12-20(33-27-19)16-6-8-17(26)9-7-16/h4,6-9,12,18,21-22H,1,3,5,10-11,13H2,2H3/b15-4-/t18-,21-,22-,25+/m0/s1. The number of ether oxygens (including phenoxy) is 3. The lowest BCUT2D eigenvalue weighted by Gasteiger charge is -2.20. The predicted molar refractivity (Wildman–Crippen MR) is 120 cm³/mol. The van der Waals surface area contributed by atoms with Crippen LogP contribution in [0.15, 0.2) is 58.7 Å². The van der Waals surface area contributed by atoms with Crippen LogP contribution in [0.2, 0.25) is 5.02 Å². The van der Waals surface area contributed by atoms with E-state index in [4.69, 9.17) is 30.3 Å². The van der Waals surface area contributed by atoms with E-state index in [1.165, 1.54) is 0 Å². The summed E-state index contributed by atoms with van der Waals surface area (Å²) in [6.07, 6.45) is 4.66. The van der Waals surface area contributed by atoms with E-state index >= 15 is 0 Å². The number of aromatic nitrogens is 1. The van der Waals surface area contributed by atoms with E-state index in [0.717, 1.165) is 24.0 Å². The Hall–Kier alpha value is -2.90. The molecule has 2 aromatic rings. The lowest BCUT2D eigenvalue weighted by molar-refractivity contribution is -0.140. The fourth-order valence-corrected chi connectivity index (χ4v) is 4.73. The van der Waals surface area contributed by atoms with E-state index < -0.39 is 5.97 Å². The number of nitrogens with zero attached hydrogens (tertiary/aromatic N) is 1. The molecular formula is C25H24ClNO6. The van der Waals surface area contributed by atoms with Gasteiger partial charge in [-0.25, -0.2) is 9.59 Å². The van der Waals surface area contributed by atoms with Crippen LogP contribution in [0.25, 0.3) is 11.3 Å². The van der Waals surface area contributed by atoms with E-state index in [1.807, 2.05) is 6.92 Å². The predicted octanol–water partition coefficient (Wildman–Crippen LogP) is 4.91. The van der Waals surface area contributed by atoms with E-state index in [0.29, 0.717) is 29.2 Å². The first-order valence-corrected chi connectivity index (χ1v) is 11.4. The highest BCUT2D eigenvalue weighted by Gasteiger charge is 2.61. The van der Waals surface area contributed by atoms with Gasteiger partial charge in [0.2, 0.25) is 0 Å². The Morgan fingerprint density at radius 3 is 2.91 bits per heavy atom. The average Bonchev–Trinajstić information content (AvgIpc) is 3.11. The summed E-state index contributed by atoms with van der Waals surface area (Å²) in [7, 11) is 0. The number of epoxide rings is 1. The number of hydrogen-bond donors (Lipinski definition) is 0. The molecule has 0 unspecified atom stereocenters. The normalized spacial score (nSPS) is 30.5. The van der Waals surface area contributed by atoms with Crippen LogP contribution in [0.5, 0.6) is 0 Å². The number of carbonyl (C=O) groups is 2. The molecule has 0 bridgehead atoms. The third-order valence-electron chi connectivity index (χ3n) is 6.68. The number of fused-ring (bicyclic) bond motifs is 3. The molecule has 3 heterocycles. The molecular weight excluding hydrogens is 446 g/mol. The maximum atomic E-state index is 12.6. The SMILES string of the molecule is C=C1C(=O)O[C@H]2[C@H]1CC/C(COC(=O)c1cc(-c3ccc(Cl)cc3)on1)=C/CC[C@@]1(C)O[C@@H]21. The van der Waals surface area contributed by atoms with E-state index in [1.54, 1.807) is 30.3 Å². The van der Waals surface area contributed by atoms with Gasteiger partial charge in [-0.15, -0.1) is 0 Å². The van der Waals surface area contributed by atoms with Crippen molar-refractivity contribution in [3.05, 3.63) is 64.8 Å². The molecule has 2 aliphatic heterocycles. The Morgan fingerprint density at radius 1 is 1.33 bits per heavy atom. The molecule has 8 heteroatoms. The average molecular weight is 470 g/mol. The Morgan fingerprint density at radius 2 is 2.12 bits per heavy atom. The van der Waals surface area contributed by atoms with Crippen molar-refractivity contribution in [1.29, 1.82) is 0 Å². The van der Waals surface area contributed by atoms with Crippen molar-refractivity contribution < 1.29 is 28.3 Å². The molecule has 1 aromatic carbocycles. The maximum absolute atomic E-state index is 12.6. The number of hydrogen-bond acceptors (Lipinski definition) is 7. The largest absolute Gasteiger partial charge is 0.456 e. The summed E-state index contributed by atoms with van der Waals surface area (Å²) in [4.78, 5) is 24.7. The molecule has 1 aromatic heterocycles. The Balaban J connectivity index is 1.24. The van der Waals surface area contributed by atoms with Gasteiger partial charge in [-0.1, -0.05) is 29.4 Å². The molecule has 2 saturated heterocycles. The van der Waals surface area contributed by atoms with Crippen LogP contribution in [-0.2, 0) is 19.0 Å². The first-order chi connectivity index (χ1) is 15.8. The molecule has 1 aliphatic carbocycles. The molecule has 33 heavy (non-hydrogen) atoms. The quantitative estimate of drug-likeness (QED) is 0.272. The first kappa shape index (κ1) is 21.9. The van der Waals surface area contributed by atoms with Crippen LogP contribution in [0.1, 0.15) is 43.1 Å². The molecule has 0 radical (unpaired) electrons. The van der Waals surface area contributed by atoms with Crippen molar-refractivity contribution in [1.82, 2.24) is 5.16 Å². The summed E-state index contributed by atoms with van der Waals surface area (Å²) in [5, 5.41) is 4.45. The topological polar surface area (TPSA) is 91.2 Å². The highest BCUT2D eigenvalue weighted by Crippen LogP contribution is 2.49. The van der Waals surface area contributed by atoms with Gasteiger partial charge in [-0.05, 0) is 62.4 Å². The first-order valence-electron chi connectivity index (χ1n) is 11.0. The van der Waals surface area contributed by atoms with Crippen molar-refractivity contribution in [3.8, 4) is 11.3 Å². The number of esters is 2. The van der Waals surface area contributed by atoms with Crippen molar-refractivity contribution >= 4 is 23.5 Å². The van der Waals surface area contributed by atoms with E-state index in [2.05, 4.69) is 17.8 Å². The molecule has 5 rings (SSSR count). The smallest absolute Gasteiger partial charge is 0.360 e. The molecule has 0 amide bonds. The highest BCUT2D eigenvalue weighted by molar-refractivity contribution is 6.30. The van der Waals surface area contributed by atoms with Gasteiger partial charge in [0.05, 0.1) is 5.60 Å². The van der Waals surface area contributed by atoms with Gasteiger partial charge in [0.25, 0.3) is 0 Å². The zero-order chi connectivity index (χ0) is 23.2. The minimum Gasteiger partial charge on any atom is -0.456 e. The number of rotatable bonds is 4. The second-order valence-electron chi connectivity index (χ2n) is 8.95. The Kier molecular flexibility index (Phi) is 5.62. The van der Waals surface area contributed by atoms with Gasteiger partial charge >= 0.3 is 11.9 Å². The maximum Gasteiger partial charge on any atom is 0.360 e. The second-order valence-corrected chi connectivity index (χ2v) is 9.39. The van der Waals surface area contributed by atoms with Crippen LogP contribution >= 0.6 is 11.6 Å². The monoisotopic (exact) mass is 469 g/mol. The number of allylic oxidation sites excluding steroid dienone is 1. The van der Waals surface area contributed by atoms with Crippen molar-refractivity contribution in [3.63, 3.8) is 0 Å². The van der Waals surface area contributed by atoms with Crippen LogP contribution < -0.4 is 0 Å². The Bertz CT molecular complexity index is 1140. The summed E-state index contributed by atoms with van der Waals surface area (Å²) in [5.74, 6) is -0.545. The fraction of sp³-hybridized carbons (Fsp3) is 0.400. The van der Waals surface area contributed by atoms with Gasteiger partial charge in [0.1, 0.15) is 18.8 Å². The molecule has 0 spiro atoms. The fourth-order valence-electron chi connectivity index (χ4n) is 4.60. The van der Waals surface area contributed by atoms with Gasteiger partial charge in [0.15, 0.2) is 11.5 Å². The Labute approximate surface area is 196 Å².